The molecule has 0 N–H and O–H groups in total. The summed E-state index contributed by atoms with van der Waals surface area (Å²) in [6.45, 7) is 2.23. The summed E-state index contributed by atoms with van der Waals surface area (Å²) in [5, 5.41) is -1.27. The molecule has 21 heavy (non-hydrogen) atoms. The van der Waals surface area contributed by atoms with Crippen LogP contribution in [0.3, 0.4) is 0 Å². The van der Waals surface area contributed by atoms with Crippen molar-refractivity contribution < 1.29 is 17.1 Å². The second kappa shape index (κ2) is 13.2. The first kappa shape index (κ1) is 20.6. The van der Waals surface area contributed by atoms with Crippen molar-refractivity contribution in [2.75, 3.05) is 0 Å². The molecule has 3 nitrogen and oxygen atoms in total. The molecule has 0 aliphatic rings. The Morgan fingerprint density at radius 2 is 1.05 bits per heavy atom. The quantitative estimate of drug-likeness (QED) is 0.322. The van der Waals surface area contributed by atoms with Gasteiger partial charge < -0.3 is 0 Å². The minimum atomic E-state index is -4.96. The van der Waals surface area contributed by atoms with Gasteiger partial charge in [0.05, 0.1) is 0 Å². The number of carbonyl (C=O) groups is 1. The molecule has 0 aromatic heterocycles. The molecular formula is C16H31FO3S. The number of carbonyl (C=O) groups excluding carboxylic acids is 1. The number of unbranched alkanes of at least 4 members (excludes halogenated alkanes) is 12. The monoisotopic (exact) mass is 322 g/mol. The molecule has 0 rings (SSSR count). The lowest BCUT2D eigenvalue weighted by molar-refractivity contribution is -0.112. The predicted molar refractivity (Wildman–Crippen MR) is 85.3 cm³/mol. The van der Waals surface area contributed by atoms with E-state index in [-0.39, 0.29) is 6.42 Å². The van der Waals surface area contributed by atoms with Crippen molar-refractivity contribution in [3.63, 3.8) is 0 Å². The molecular weight excluding hydrogens is 291 g/mol. The fourth-order valence-electron chi connectivity index (χ4n) is 2.41. The van der Waals surface area contributed by atoms with E-state index < -0.39 is 15.3 Å². The van der Waals surface area contributed by atoms with Crippen molar-refractivity contribution >= 4 is 15.3 Å². The van der Waals surface area contributed by atoms with E-state index in [4.69, 9.17) is 0 Å². The van der Waals surface area contributed by atoms with Crippen molar-refractivity contribution in [1.29, 1.82) is 0 Å². The predicted octanol–water partition coefficient (Wildman–Crippen LogP) is 5.29. The third kappa shape index (κ3) is 14.3. The minimum Gasteiger partial charge on any atom is -0.279 e. The fraction of sp³-hybridized carbons (Fsp3) is 0.938. The standard InChI is InChI=1S/C16H31FO3S/c1-2-3-4-5-6-7-8-9-10-11-12-13-14-15-16(18)21(17,19)20/h2-15H2,1H3. The molecule has 0 bridgehead atoms. The van der Waals surface area contributed by atoms with Gasteiger partial charge in [0, 0.05) is 6.42 Å². The third-order valence-corrected chi connectivity index (χ3v) is 4.50. The van der Waals surface area contributed by atoms with E-state index in [0.29, 0.717) is 6.42 Å². The molecule has 0 aromatic rings. The number of rotatable bonds is 14. The molecule has 0 atom stereocenters. The highest BCUT2D eigenvalue weighted by molar-refractivity contribution is 8.01. The normalized spacial score (nSPS) is 11.7. The molecule has 0 aliphatic carbocycles. The highest BCUT2D eigenvalue weighted by Crippen LogP contribution is 2.13. The maximum Gasteiger partial charge on any atom is 0.366 e. The summed E-state index contributed by atoms with van der Waals surface area (Å²) < 4.78 is 32.8. The van der Waals surface area contributed by atoms with E-state index in [9.17, 15) is 17.1 Å². The van der Waals surface area contributed by atoms with Crippen LogP contribution in [0.5, 0.6) is 0 Å². The average Bonchev–Trinajstić information content (AvgIpc) is 2.42. The van der Waals surface area contributed by atoms with Gasteiger partial charge in [0.2, 0.25) is 0 Å². The molecule has 0 aliphatic heterocycles. The van der Waals surface area contributed by atoms with Gasteiger partial charge in [0.25, 0.3) is 5.12 Å². The summed E-state index contributed by atoms with van der Waals surface area (Å²) in [6, 6.07) is 0. The van der Waals surface area contributed by atoms with Gasteiger partial charge in [-0.3, -0.25) is 4.79 Å². The Morgan fingerprint density at radius 3 is 1.38 bits per heavy atom. The lowest BCUT2D eigenvalue weighted by atomic mass is 10.0. The number of hydrogen-bond donors (Lipinski definition) is 0. The maximum atomic E-state index is 12.3. The SMILES string of the molecule is CCCCCCCCCCCCCCCC(=O)S(=O)(=O)F. The first-order valence-corrected chi connectivity index (χ1v) is 9.84. The average molecular weight is 322 g/mol. The van der Waals surface area contributed by atoms with Gasteiger partial charge in [0.15, 0.2) is 0 Å². The minimum absolute atomic E-state index is 0.184. The smallest absolute Gasteiger partial charge is 0.279 e. The largest absolute Gasteiger partial charge is 0.366 e. The van der Waals surface area contributed by atoms with Gasteiger partial charge >= 0.3 is 10.2 Å². The summed E-state index contributed by atoms with van der Waals surface area (Å²) in [6.07, 6.45) is 15.0. The van der Waals surface area contributed by atoms with Crippen molar-refractivity contribution in [2.24, 2.45) is 0 Å². The van der Waals surface area contributed by atoms with Gasteiger partial charge in [-0.2, -0.15) is 8.42 Å². The Morgan fingerprint density at radius 1 is 0.714 bits per heavy atom. The Bertz CT molecular complexity index is 353. The summed E-state index contributed by atoms with van der Waals surface area (Å²) in [5.74, 6) is 0. The Kier molecular flexibility index (Phi) is 12.9. The van der Waals surface area contributed by atoms with E-state index in [2.05, 4.69) is 6.92 Å². The topological polar surface area (TPSA) is 51.2 Å². The Balaban J connectivity index is 3.18. The zero-order chi connectivity index (χ0) is 16.0. The van der Waals surface area contributed by atoms with Crippen molar-refractivity contribution in [1.82, 2.24) is 0 Å². The van der Waals surface area contributed by atoms with Gasteiger partial charge in [-0.05, 0) is 6.42 Å². The van der Waals surface area contributed by atoms with Crippen molar-refractivity contribution in [2.45, 2.75) is 96.8 Å². The lowest BCUT2D eigenvalue weighted by Gasteiger charge is -2.02. The van der Waals surface area contributed by atoms with Crippen molar-refractivity contribution in [3.8, 4) is 0 Å². The van der Waals surface area contributed by atoms with Crippen LogP contribution < -0.4 is 0 Å². The summed E-state index contributed by atoms with van der Waals surface area (Å²) in [5.41, 5.74) is 0. The molecule has 0 heterocycles. The van der Waals surface area contributed by atoms with Gasteiger partial charge in [-0.15, -0.1) is 0 Å². The Labute approximate surface area is 129 Å². The Hall–Kier alpha value is -0.450. The first-order chi connectivity index (χ1) is 9.98. The van der Waals surface area contributed by atoms with E-state index in [1.165, 1.54) is 57.8 Å². The first-order valence-electron chi connectivity index (χ1n) is 8.46. The highest BCUT2D eigenvalue weighted by atomic mass is 32.3. The van der Waals surface area contributed by atoms with Crippen LogP contribution in [0.15, 0.2) is 0 Å². The zero-order valence-corrected chi connectivity index (χ0v) is 14.2. The van der Waals surface area contributed by atoms with Gasteiger partial charge in [-0.25, -0.2) is 0 Å². The van der Waals surface area contributed by atoms with Crippen LogP contribution in [0.1, 0.15) is 96.8 Å². The summed E-state index contributed by atoms with van der Waals surface area (Å²) in [7, 11) is -4.96. The van der Waals surface area contributed by atoms with E-state index in [1.807, 2.05) is 0 Å². The fourth-order valence-corrected chi connectivity index (χ4v) is 2.80. The van der Waals surface area contributed by atoms with Gasteiger partial charge in [0.1, 0.15) is 0 Å². The second-order valence-electron chi connectivity index (χ2n) is 5.80. The second-order valence-corrected chi connectivity index (χ2v) is 7.13. The third-order valence-electron chi connectivity index (χ3n) is 3.76. The molecule has 0 unspecified atom stereocenters. The van der Waals surface area contributed by atoms with Crippen LogP contribution in [-0.4, -0.2) is 13.5 Å². The van der Waals surface area contributed by atoms with Crippen LogP contribution in [0, 0.1) is 0 Å². The van der Waals surface area contributed by atoms with E-state index >= 15 is 0 Å². The highest BCUT2D eigenvalue weighted by Gasteiger charge is 2.19. The summed E-state index contributed by atoms with van der Waals surface area (Å²) >= 11 is 0. The molecule has 0 radical (unpaired) electrons. The molecule has 0 aromatic carbocycles. The van der Waals surface area contributed by atoms with Crippen LogP contribution in [0.2, 0.25) is 0 Å². The molecule has 0 amide bonds. The van der Waals surface area contributed by atoms with Crippen LogP contribution in [0.4, 0.5) is 3.89 Å². The van der Waals surface area contributed by atoms with E-state index in [1.54, 1.807) is 0 Å². The van der Waals surface area contributed by atoms with Crippen LogP contribution >= 0.6 is 0 Å². The van der Waals surface area contributed by atoms with E-state index in [0.717, 1.165) is 19.3 Å². The molecule has 0 spiro atoms. The van der Waals surface area contributed by atoms with Crippen LogP contribution in [0.25, 0.3) is 0 Å². The zero-order valence-electron chi connectivity index (χ0n) is 13.4. The molecule has 5 heteroatoms. The maximum absolute atomic E-state index is 12.3. The number of halogens is 1. The lowest BCUT2D eigenvalue weighted by Crippen LogP contribution is -2.07. The molecule has 0 saturated carbocycles. The van der Waals surface area contributed by atoms with Crippen molar-refractivity contribution in [3.05, 3.63) is 0 Å². The molecule has 126 valence electrons. The summed E-state index contributed by atoms with van der Waals surface area (Å²) in [4.78, 5) is 10.8. The van der Waals surface area contributed by atoms with Gasteiger partial charge in [-0.1, -0.05) is 87.9 Å². The number of hydrogen-bond acceptors (Lipinski definition) is 3. The molecule has 0 fully saturated rings. The molecule has 0 saturated heterocycles. The van der Waals surface area contributed by atoms with Crippen LogP contribution in [-0.2, 0) is 15.0 Å².